The molecule has 0 radical (unpaired) electrons. The lowest BCUT2D eigenvalue weighted by Gasteiger charge is -2.40. The predicted molar refractivity (Wildman–Crippen MR) is 73.2 cm³/mol. The lowest BCUT2D eigenvalue weighted by atomic mass is 9.77. The topological polar surface area (TPSA) is 72.8 Å². The Morgan fingerprint density at radius 1 is 1.26 bits per heavy atom. The molecule has 110 valence electrons. The first-order chi connectivity index (χ1) is 8.75. The van der Waals surface area contributed by atoms with Crippen molar-refractivity contribution in [2.75, 3.05) is 13.1 Å². The molecule has 1 spiro atoms. The van der Waals surface area contributed by atoms with Gasteiger partial charge in [-0.1, -0.05) is 0 Å². The molecule has 19 heavy (non-hydrogen) atoms. The third-order valence-electron chi connectivity index (χ3n) is 4.65. The molecule has 3 N–H and O–H groups in total. The lowest BCUT2D eigenvalue weighted by molar-refractivity contribution is 0.0219. The molecule has 1 saturated carbocycles. The van der Waals surface area contributed by atoms with Crippen LogP contribution in [0.5, 0.6) is 0 Å². The van der Waals surface area contributed by atoms with E-state index in [1.807, 2.05) is 20.8 Å². The Morgan fingerprint density at radius 2 is 1.84 bits per heavy atom. The first-order valence-electron chi connectivity index (χ1n) is 7.16. The van der Waals surface area contributed by atoms with Gasteiger partial charge in [0.05, 0.1) is 12.1 Å². The number of nitrogens with one attached hydrogen (secondary N) is 1. The maximum atomic E-state index is 11.6. The Labute approximate surface area is 115 Å². The number of carboxylic acid groups (broad SMARTS) is 1. The zero-order valence-electron chi connectivity index (χ0n) is 12.1. The molecule has 2 fully saturated rings. The Kier molecular flexibility index (Phi) is 3.80. The zero-order chi connectivity index (χ0) is 14.3. The van der Waals surface area contributed by atoms with Crippen molar-refractivity contribution < 1.29 is 15.0 Å². The summed E-state index contributed by atoms with van der Waals surface area (Å²) in [7, 11) is 0. The van der Waals surface area contributed by atoms with Gasteiger partial charge in [-0.3, -0.25) is 4.90 Å². The Hall–Kier alpha value is -0.810. The van der Waals surface area contributed by atoms with E-state index < -0.39 is 17.7 Å². The minimum Gasteiger partial charge on any atom is -0.465 e. The van der Waals surface area contributed by atoms with E-state index in [2.05, 4.69) is 5.32 Å². The summed E-state index contributed by atoms with van der Waals surface area (Å²) >= 11 is 0. The second-order valence-electron chi connectivity index (χ2n) is 7.12. The van der Waals surface area contributed by atoms with Crippen molar-refractivity contribution in [2.45, 2.75) is 64.1 Å². The van der Waals surface area contributed by atoms with Crippen LogP contribution in [-0.4, -0.2) is 52.0 Å². The van der Waals surface area contributed by atoms with E-state index in [9.17, 15) is 15.0 Å². The standard InChI is InChI=1S/C14H26N2O3/c1-13(2,3)16(12(18)19)10-8-14(9-11(10)17)4-6-15-7-5-14/h10-11,15,17H,4-9H2,1-3H3,(H,18,19). The summed E-state index contributed by atoms with van der Waals surface area (Å²) < 4.78 is 0. The first-order valence-corrected chi connectivity index (χ1v) is 7.16. The van der Waals surface area contributed by atoms with Gasteiger partial charge in [0.1, 0.15) is 0 Å². The number of piperidine rings is 1. The smallest absolute Gasteiger partial charge is 0.408 e. The molecule has 1 heterocycles. The fraction of sp³-hybridized carbons (Fsp3) is 0.929. The van der Waals surface area contributed by atoms with Crippen molar-refractivity contribution in [3.05, 3.63) is 0 Å². The van der Waals surface area contributed by atoms with E-state index >= 15 is 0 Å². The summed E-state index contributed by atoms with van der Waals surface area (Å²) in [5.41, 5.74) is -0.343. The minimum absolute atomic E-state index is 0.133. The van der Waals surface area contributed by atoms with Gasteiger partial charge in [0.2, 0.25) is 0 Å². The molecule has 1 aliphatic carbocycles. The average Bonchev–Trinajstić information content (AvgIpc) is 2.54. The van der Waals surface area contributed by atoms with Gasteiger partial charge < -0.3 is 15.5 Å². The molecule has 2 rings (SSSR count). The highest BCUT2D eigenvalue weighted by Gasteiger charge is 2.50. The van der Waals surface area contributed by atoms with Gasteiger partial charge in [-0.25, -0.2) is 4.79 Å². The first kappa shape index (κ1) is 14.6. The third-order valence-corrected chi connectivity index (χ3v) is 4.65. The van der Waals surface area contributed by atoms with Gasteiger partial charge >= 0.3 is 6.09 Å². The minimum atomic E-state index is -0.928. The molecule has 0 aromatic carbocycles. The normalized spacial score (nSPS) is 30.5. The Morgan fingerprint density at radius 3 is 2.32 bits per heavy atom. The summed E-state index contributed by atoms with van der Waals surface area (Å²) in [4.78, 5) is 13.0. The summed E-state index contributed by atoms with van der Waals surface area (Å²) in [6.07, 6.45) is 2.14. The van der Waals surface area contributed by atoms with Crippen LogP contribution in [0.1, 0.15) is 46.5 Å². The Bertz CT molecular complexity index is 345. The van der Waals surface area contributed by atoms with Crippen molar-refractivity contribution in [1.29, 1.82) is 0 Å². The van der Waals surface area contributed by atoms with Crippen LogP contribution in [0.15, 0.2) is 0 Å². The third kappa shape index (κ3) is 2.87. The number of nitrogens with zero attached hydrogens (tertiary/aromatic N) is 1. The monoisotopic (exact) mass is 270 g/mol. The summed E-state index contributed by atoms with van der Waals surface area (Å²) in [6.45, 7) is 7.62. The molecule has 5 heteroatoms. The van der Waals surface area contributed by atoms with Crippen molar-refractivity contribution in [2.24, 2.45) is 5.41 Å². The van der Waals surface area contributed by atoms with Gasteiger partial charge in [0.15, 0.2) is 0 Å². The maximum absolute atomic E-state index is 11.6. The maximum Gasteiger partial charge on any atom is 0.408 e. The predicted octanol–water partition coefficient (Wildman–Crippen LogP) is 1.66. The molecule has 0 bridgehead atoms. The summed E-state index contributed by atoms with van der Waals surface area (Å²) in [5.74, 6) is 0. The van der Waals surface area contributed by atoms with E-state index in [0.717, 1.165) is 38.8 Å². The van der Waals surface area contributed by atoms with Crippen LogP contribution in [0.4, 0.5) is 4.79 Å². The number of hydrogen-bond acceptors (Lipinski definition) is 3. The molecule has 0 aromatic rings. The van der Waals surface area contributed by atoms with Gasteiger partial charge in [-0.2, -0.15) is 0 Å². The highest BCUT2D eigenvalue weighted by atomic mass is 16.4. The van der Waals surface area contributed by atoms with E-state index in [4.69, 9.17) is 0 Å². The average molecular weight is 270 g/mol. The fourth-order valence-electron chi connectivity index (χ4n) is 3.80. The number of aliphatic hydroxyl groups is 1. The number of hydrogen-bond donors (Lipinski definition) is 3. The summed E-state index contributed by atoms with van der Waals surface area (Å²) in [5, 5.41) is 23.2. The molecular weight excluding hydrogens is 244 g/mol. The molecule has 2 aliphatic rings. The van der Waals surface area contributed by atoms with Crippen molar-refractivity contribution >= 4 is 6.09 Å². The van der Waals surface area contributed by atoms with Gasteiger partial charge in [-0.15, -0.1) is 0 Å². The van der Waals surface area contributed by atoms with Gasteiger partial charge in [-0.05, 0) is 65.0 Å². The van der Waals surface area contributed by atoms with Crippen LogP contribution in [0.25, 0.3) is 0 Å². The van der Waals surface area contributed by atoms with E-state index in [0.29, 0.717) is 0 Å². The second-order valence-corrected chi connectivity index (χ2v) is 7.12. The van der Waals surface area contributed by atoms with Crippen LogP contribution < -0.4 is 5.32 Å². The fourth-order valence-corrected chi connectivity index (χ4v) is 3.80. The quantitative estimate of drug-likeness (QED) is 0.677. The SMILES string of the molecule is CC(C)(C)N(C(=O)O)C1CC2(CCNCC2)CC1O. The largest absolute Gasteiger partial charge is 0.465 e. The van der Waals surface area contributed by atoms with E-state index in [-0.39, 0.29) is 11.5 Å². The van der Waals surface area contributed by atoms with E-state index in [1.54, 1.807) is 0 Å². The highest BCUT2D eigenvalue weighted by Crippen LogP contribution is 2.47. The van der Waals surface area contributed by atoms with Gasteiger partial charge in [0.25, 0.3) is 0 Å². The lowest BCUT2D eigenvalue weighted by Crippen LogP contribution is -2.54. The van der Waals surface area contributed by atoms with E-state index in [1.165, 1.54) is 4.90 Å². The van der Waals surface area contributed by atoms with Crippen LogP contribution in [0.2, 0.25) is 0 Å². The number of rotatable bonds is 1. The molecule has 1 saturated heterocycles. The van der Waals surface area contributed by atoms with Gasteiger partial charge in [0, 0.05) is 5.54 Å². The number of amides is 1. The summed E-state index contributed by atoms with van der Waals surface area (Å²) in [6, 6.07) is -0.268. The molecule has 1 aliphatic heterocycles. The zero-order valence-corrected chi connectivity index (χ0v) is 12.1. The van der Waals surface area contributed by atoms with Crippen LogP contribution in [-0.2, 0) is 0 Å². The number of aliphatic hydroxyl groups excluding tert-OH is 1. The van der Waals surface area contributed by atoms with Crippen LogP contribution in [0.3, 0.4) is 0 Å². The molecule has 1 amide bonds. The highest BCUT2D eigenvalue weighted by molar-refractivity contribution is 5.66. The van der Waals surface area contributed by atoms with Crippen molar-refractivity contribution in [3.8, 4) is 0 Å². The number of carbonyl (C=O) groups is 1. The molecule has 2 unspecified atom stereocenters. The second kappa shape index (κ2) is 4.94. The van der Waals surface area contributed by atoms with Crippen molar-refractivity contribution in [1.82, 2.24) is 10.2 Å². The van der Waals surface area contributed by atoms with Crippen molar-refractivity contribution in [3.63, 3.8) is 0 Å². The Balaban J connectivity index is 2.18. The van der Waals surface area contributed by atoms with Crippen LogP contribution >= 0.6 is 0 Å². The molecule has 5 nitrogen and oxygen atoms in total. The van der Waals surface area contributed by atoms with Crippen LogP contribution in [0, 0.1) is 5.41 Å². The molecule has 2 atom stereocenters. The molecule has 0 aromatic heterocycles. The molecular formula is C14H26N2O3.